The summed E-state index contributed by atoms with van der Waals surface area (Å²) < 4.78 is 24.4. The van der Waals surface area contributed by atoms with Gasteiger partial charge in [-0.1, -0.05) is 0 Å². The minimum atomic E-state index is -3.25. The van der Waals surface area contributed by atoms with Gasteiger partial charge in [-0.05, 0) is 14.0 Å². The summed E-state index contributed by atoms with van der Waals surface area (Å²) in [6.07, 6.45) is 1.12. The summed E-state index contributed by atoms with van der Waals surface area (Å²) in [5, 5.41) is 8.80. The number of likely N-dealkylation sites (N-methyl/N-ethyl adjacent to an activating group) is 1. The van der Waals surface area contributed by atoms with Crippen molar-refractivity contribution < 1.29 is 18.3 Å². The van der Waals surface area contributed by atoms with E-state index < -0.39 is 16.0 Å². The number of carboxylic acid groups (broad SMARTS) is 1. The van der Waals surface area contributed by atoms with Gasteiger partial charge in [-0.2, -0.15) is 4.31 Å². The second kappa shape index (κ2) is 4.68. The highest BCUT2D eigenvalue weighted by Gasteiger charge is 2.37. The number of aliphatic carboxylic acids is 1. The minimum Gasteiger partial charge on any atom is -0.481 e. The van der Waals surface area contributed by atoms with E-state index in [2.05, 4.69) is 0 Å². The zero-order valence-corrected chi connectivity index (χ0v) is 10.6. The lowest BCUT2D eigenvalue weighted by Crippen LogP contribution is -2.58. The van der Waals surface area contributed by atoms with E-state index in [0.717, 1.165) is 6.26 Å². The highest BCUT2D eigenvalue weighted by molar-refractivity contribution is 7.88. The van der Waals surface area contributed by atoms with Crippen LogP contribution in [0.5, 0.6) is 0 Å². The summed E-state index contributed by atoms with van der Waals surface area (Å²) in [5.74, 6) is -0.904. The van der Waals surface area contributed by atoms with Crippen molar-refractivity contribution in [3.05, 3.63) is 0 Å². The molecule has 0 radical (unpaired) electrons. The largest absolute Gasteiger partial charge is 0.481 e. The van der Waals surface area contributed by atoms with Gasteiger partial charge in [0.15, 0.2) is 0 Å². The first-order chi connectivity index (χ1) is 7.23. The summed E-state index contributed by atoms with van der Waals surface area (Å²) >= 11 is 0. The molecule has 0 saturated carbocycles. The number of carbonyl (C=O) groups is 1. The van der Waals surface area contributed by atoms with Gasteiger partial charge in [-0.3, -0.25) is 9.69 Å². The normalized spacial score (nSPS) is 29.2. The molecule has 1 aliphatic rings. The Bertz CT molecular complexity index is 368. The molecule has 1 N–H and O–H groups in total. The van der Waals surface area contributed by atoms with Crippen molar-refractivity contribution in [2.24, 2.45) is 0 Å². The Kier molecular flexibility index (Phi) is 3.92. The summed E-state index contributed by atoms with van der Waals surface area (Å²) in [6.45, 7) is 2.74. The monoisotopic (exact) mass is 250 g/mol. The Morgan fingerprint density at radius 1 is 1.44 bits per heavy atom. The van der Waals surface area contributed by atoms with Crippen LogP contribution < -0.4 is 0 Å². The number of hydrogen-bond donors (Lipinski definition) is 1. The van der Waals surface area contributed by atoms with Gasteiger partial charge in [-0.25, -0.2) is 8.42 Å². The van der Waals surface area contributed by atoms with Gasteiger partial charge in [0.25, 0.3) is 0 Å². The molecular weight excluding hydrogens is 232 g/mol. The van der Waals surface area contributed by atoms with Crippen molar-refractivity contribution in [1.82, 2.24) is 9.21 Å². The molecule has 2 atom stereocenters. The molecule has 0 aromatic rings. The number of piperazine rings is 1. The molecule has 0 bridgehead atoms. The average Bonchev–Trinajstić information content (AvgIpc) is 2.09. The Hall–Kier alpha value is -0.660. The molecule has 0 unspecified atom stereocenters. The van der Waals surface area contributed by atoms with Crippen LogP contribution in [-0.2, 0) is 14.8 Å². The molecule has 0 aromatic heterocycles. The average molecular weight is 250 g/mol. The predicted octanol–water partition coefficient (Wildman–Crippen LogP) is -0.575. The maximum Gasteiger partial charge on any atom is 0.304 e. The first kappa shape index (κ1) is 13.4. The van der Waals surface area contributed by atoms with E-state index in [9.17, 15) is 13.2 Å². The third-order valence-electron chi connectivity index (χ3n) is 3.06. The van der Waals surface area contributed by atoms with Gasteiger partial charge in [0.2, 0.25) is 10.0 Å². The standard InChI is InChI=1S/C9H18N2O4S/c1-7-8(6-9(12)13)10(2)4-5-11(7)16(3,14)15/h7-8H,4-6H2,1-3H3,(H,12,13)/t7-,8+/m0/s1. The van der Waals surface area contributed by atoms with Crippen LogP contribution in [0.1, 0.15) is 13.3 Å². The van der Waals surface area contributed by atoms with Crippen LogP contribution in [0.4, 0.5) is 0 Å². The Morgan fingerprint density at radius 3 is 2.44 bits per heavy atom. The number of nitrogens with zero attached hydrogens (tertiary/aromatic N) is 2. The summed E-state index contributed by atoms with van der Waals surface area (Å²) in [7, 11) is -1.43. The Balaban J connectivity index is 2.87. The summed E-state index contributed by atoms with van der Waals surface area (Å²) in [5.41, 5.74) is 0. The fraction of sp³-hybridized carbons (Fsp3) is 0.889. The molecule has 1 heterocycles. The van der Waals surface area contributed by atoms with Crippen molar-refractivity contribution in [2.45, 2.75) is 25.4 Å². The lowest BCUT2D eigenvalue weighted by Gasteiger charge is -2.43. The van der Waals surface area contributed by atoms with Gasteiger partial charge < -0.3 is 5.11 Å². The Morgan fingerprint density at radius 2 is 2.00 bits per heavy atom. The van der Waals surface area contributed by atoms with Crippen molar-refractivity contribution in [3.8, 4) is 0 Å². The number of hydrogen-bond acceptors (Lipinski definition) is 4. The van der Waals surface area contributed by atoms with Gasteiger partial charge in [-0.15, -0.1) is 0 Å². The van der Waals surface area contributed by atoms with E-state index in [1.165, 1.54) is 4.31 Å². The van der Waals surface area contributed by atoms with Crippen LogP contribution in [-0.4, -0.2) is 67.2 Å². The fourth-order valence-corrected chi connectivity index (χ4v) is 3.32. The van der Waals surface area contributed by atoms with Crippen molar-refractivity contribution in [1.29, 1.82) is 0 Å². The number of carboxylic acids is 1. The second-order valence-corrected chi connectivity index (χ2v) is 6.20. The third kappa shape index (κ3) is 2.93. The smallest absolute Gasteiger partial charge is 0.304 e. The molecule has 0 spiro atoms. The first-order valence-corrected chi connectivity index (χ1v) is 6.97. The fourth-order valence-electron chi connectivity index (χ4n) is 2.16. The quantitative estimate of drug-likeness (QED) is 0.725. The van der Waals surface area contributed by atoms with Crippen LogP contribution >= 0.6 is 0 Å². The maximum absolute atomic E-state index is 11.5. The SMILES string of the molecule is C[C@H]1[C@@H](CC(=O)O)N(C)CCN1S(C)(=O)=O. The molecule has 94 valence electrons. The summed E-state index contributed by atoms with van der Waals surface area (Å²) in [6, 6.07) is -0.564. The van der Waals surface area contributed by atoms with Gasteiger partial charge in [0.1, 0.15) is 0 Å². The molecule has 0 amide bonds. The highest BCUT2D eigenvalue weighted by Crippen LogP contribution is 2.20. The summed E-state index contributed by atoms with van der Waals surface area (Å²) in [4.78, 5) is 12.6. The number of sulfonamides is 1. The second-order valence-electron chi connectivity index (χ2n) is 4.26. The first-order valence-electron chi connectivity index (χ1n) is 5.12. The van der Waals surface area contributed by atoms with Crippen molar-refractivity contribution >= 4 is 16.0 Å². The van der Waals surface area contributed by atoms with Gasteiger partial charge >= 0.3 is 5.97 Å². The van der Waals surface area contributed by atoms with E-state index in [0.29, 0.717) is 13.1 Å². The zero-order valence-electron chi connectivity index (χ0n) is 9.75. The lowest BCUT2D eigenvalue weighted by molar-refractivity contribution is -0.139. The molecule has 7 heteroatoms. The molecule has 0 aliphatic carbocycles. The minimum absolute atomic E-state index is 0.0380. The maximum atomic E-state index is 11.5. The van der Waals surface area contributed by atoms with Gasteiger partial charge in [0, 0.05) is 25.2 Å². The van der Waals surface area contributed by atoms with Crippen LogP contribution in [0.3, 0.4) is 0 Å². The van der Waals surface area contributed by atoms with Crippen molar-refractivity contribution in [3.63, 3.8) is 0 Å². The van der Waals surface area contributed by atoms with E-state index in [1.807, 2.05) is 11.9 Å². The zero-order chi connectivity index (χ0) is 12.5. The number of rotatable bonds is 3. The molecule has 0 aromatic carbocycles. The topological polar surface area (TPSA) is 77.9 Å². The molecule has 6 nitrogen and oxygen atoms in total. The van der Waals surface area contributed by atoms with Gasteiger partial charge in [0.05, 0.1) is 12.7 Å². The predicted molar refractivity (Wildman–Crippen MR) is 59.7 cm³/mol. The van der Waals surface area contributed by atoms with E-state index >= 15 is 0 Å². The molecule has 1 fully saturated rings. The van der Waals surface area contributed by atoms with Crippen LogP contribution in [0, 0.1) is 0 Å². The molecular formula is C9H18N2O4S. The molecule has 16 heavy (non-hydrogen) atoms. The highest BCUT2D eigenvalue weighted by atomic mass is 32.2. The van der Waals surface area contributed by atoms with Crippen molar-refractivity contribution in [2.75, 3.05) is 26.4 Å². The molecule has 1 saturated heterocycles. The third-order valence-corrected chi connectivity index (χ3v) is 4.43. The van der Waals surface area contributed by atoms with E-state index in [1.54, 1.807) is 6.92 Å². The van der Waals surface area contributed by atoms with Crippen LogP contribution in [0.25, 0.3) is 0 Å². The Labute approximate surface area is 95.9 Å². The van der Waals surface area contributed by atoms with E-state index in [-0.39, 0.29) is 18.5 Å². The van der Waals surface area contributed by atoms with E-state index in [4.69, 9.17) is 5.11 Å². The molecule has 1 rings (SSSR count). The molecule has 1 aliphatic heterocycles. The van der Waals surface area contributed by atoms with Crippen LogP contribution in [0.2, 0.25) is 0 Å². The van der Waals surface area contributed by atoms with Crippen LogP contribution in [0.15, 0.2) is 0 Å². The lowest BCUT2D eigenvalue weighted by atomic mass is 10.0.